The summed E-state index contributed by atoms with van der Waals surface area (Å²) < 4.78 is 19.3. The van der Waals surface area contributed by atoms with Gasteiger partial charge in [-0.25, -0.2) is 9.59 Å². The number of esters is 3. The summed E-state index contributed by atoms with van der Waals surface area (Å²) in [6.07, 6.45) is 0.0562. The number of nitrogens with one attached hydrogen (secondary N) is 1. The van der Waals surface area contributed by atoms with Gasteiger partial charge in [-0.1, -0.05) is 0 Å². The maximum Gasteiger partial charge on any atom is 0.347 e. The van der Waals surface area contributed by atoms with Gasteiger partial charge in [-0.3, -0.25) is 28.9 Å². The highest BCUT2D eigenvalue weighted by atomic mass is 16.6. The van der Waals surface area contributed by atoms with Gasteiger partial charge in [0.1, 0.15) is 6.61 Å². The van der Waals surface area contributed by atoms with E-state index in [1.54, 1.807) is 0 Å². The predicted octanol–water partition coefficient (Wildman–Crippen LogP) is -1.68. The summed E-state index contributed by atoms with van der Waals surface area (Å²) in [5.74, 6) is -5.24. The first kappa shape index (κ1) is 28.2. The molecule has 0 spiro atoms. The maximum atomic E-state index is 11.7. The fourth-order valence-electron chi connectivity index (χ4n) is 2.33. The van der Waals surface area contributed by atoms with Gasteiger partial charge in [0, 0.05) is 31.7 Å². The summed E-state index contributed by atoms with van der Waals surface area (Å²) in [6.45, 7) is 0.612. The lowest BCUT2D eigenvalue weighted by molar-refractivity contribution is -0.171. The van der Waals surface area contributed by atoms with E-state index in [1.165, 1.54) is 6.92 Å². The summed E-state index contributed by atoms with van der Waals surface area (Å²) in [5, 5.41) is 11.0. The Balaban J connectivity index is 2.02. The third-order valence-corrected chi connectivity index (χ3v) is 4.04. The molecule has 1 rings (SSSR count). The van der Waals surface area contributed by atoms with Crippen LogP contribution in [0.25, 0.3) is 0 Å². The molecule has 1 atom stereocenters. The molecular formula is C20H26N2O12. The minimum atomic E-state index is -1.32. The zero-order chi connectivity index (χ0) is 25.5. The first-order valence-corrected chi connectivity index (χ1v) is 10.2. The standard InChI is InChI=1S/C20H26N2O12/c1-13(34-18(28)5-4-17(26)27)20(30)33-12-19(29)32-11-10-31-9-7-21-14(23)6-8-22-15(24)2-3-16(22)25/h2-3,13H,4-12H2,1H3,(H,21,23)(H,26,27). The molecule has 0 radical (unpaired) electrons. The van der Waals surface area contributed by atoms with E-state index in [2.05, 4.69) is 14.8 Å². The van der Waals surface area contributed by atoms with Crippen LogP contribution in [-0.4, -0.2) is 97.2 Å². The summed E-state index contributed by atoms with van der Waals surface area (Å²) in [5.41, 5.74) is 0. The summed E-state index contributed by atoms with van der Waals surface area (Å²) >= 11 is 0. The number of ether oxygens (including phenoxy) is 4. The van der Waals surface area contributed by atoms with Gasteiger partial charge in [0.25, 0.3) is 11.8 Å². The van der Waals surface area contributed by atoms with Crippen LogP contribution in [-0.2, 0) is 52.5 Å². The van der Waals surface area contributed by atoms with Crippen LogP contribution in [0.4, 0.5) is 0 Å². The van der Waals surface area contributed by atoms with Gasteiger partial charge in [0.05, 0.1) is 26.1 Å². The van der Waals surface area contributed by atoms with Gasteiger partial charge in [-0.15, -0.1) is 0 Å². The highest BCUT2D eigenvalue weighted by Gasteiger charge is 2.23. The van der Waals surface area contributed by atoms with E-state index in [1.807, 2.05) is 0 Å². The second-order valence-corrected chi connectivity index (χ2v) is 6.73. The molecule has 1 aliphatic heterocycles. The number of hydrogen-bond donors (Lipinski definition) is 2. The number of carbonyl (C=O) groups excluding carboxylic acids is 6. The SMILES string of the molecule is CC(OC(=O)CCC(=O)O)C(=O)OCC(=O)OCCOCCNC(=O)CCN1C(=O)C=CC1=O. The molecule has 0 saturated carbocycles. The number of carbonyl (C=O) groups is 7. The van der Waals surface area contributed by atoms with Crippen molar-refractivity contribution in [2.75, 3.05) is 39.5 Å². The number of rotatable bonds is 16. The van der Waals surface area contributed by atoms with E-state index in [0.29, 0.717) is 0 Å². The molecule has 14 heteroatoms. The molecule has 0 saturated heterocycles. The lowest BCUT2D eigenvalue weighted by Crippen LogP contribution is -2.35. The Bertz CT molecular complexity index is 804. The number of carboxylic acid groups (broad SMARTS) is 1. The topological polar surface area (TPSA) is 192 Å². The van der Waals surface area contributed by atoms with Crippen LogP contribution in [0.2, 0.25) is 0 Å². The van der Waals surface area contributed by atoms with Crippen LogP contribution in [0.15, 0.2) is 12.2 Å². The molecule has 0 bridgehead atoms. The van der Waals surface area contributed by atoms with E-state index in [-0.39, 0.29) is 45.2 Å². The Morgan fingerprint density at radius 3 is 2.26 bits per heavy atom. The van der Waals surface area contributed by atoms with Crippen LogP contribution in [0.1, 0.15) is 26.2 Å². The fourth-order valence-corrected chi connectivity index (χ4v) is 2.33. The zero-order valence-electron chi connectivity index (χ0n) is 18.5. The van der Waals surface area contributed by atoms with Gasteiger partial charge < -0.3 is 29.4 Å². The van der Waals surface area contributed by atoms with Crippen molar-refractivity contribution in [3.63, 3.8) is 0 Å². The molecule has 3 amide bonds. The molecule has 0 aromatic rings. The molecule has 0 aromatic heterocycles. The Labute approximate surface area is 194 Å². The van der Waals surface area contributed by atoms with Gasteiger partial charge >= 0.3 is 23.9 Å². The zero-order valence-corrected chi connectivity index (χ0v) is 18.5. The summed E-state index contributed by atoms with van der Waals surface area (Å²) in [6, 6.07) is 0. The van der Waals surface area contributed by atoms with Crippen molar-refractivity contribution in [1.29, 1.82) is 0 Å². The average molecular weight is 486 g/mol. The molecule has 1 unspecified atom stereocenters. The molecule has 1 aliphatic rings. The lowest BCUT2D eigenvalue weighted by Gasteiger charge is -2.13. The normalized spacial score (nSPS) is 13.4. The van der Waals surface area contributed by atoms with Crippen molar-refractivity contribution in [3.8, 4) is 0 Å². The first-order valence-electron chi connectivity index (χ1n) is 10.2. The Hall–Kier alpha value is -3.81. The van der Waals surface area contributed by atoms with Crippen molar-refractivity contribution >= 4 is 41.6 Å². The van der Waals surface area contributed by atoms with Crippen LogP contribution in [0.3, 0.4) is 0 Å². The Morgan fingerprint density at radius 2 is 1.62 bits per heavy atom. The summed E-state index contributed by atoms with van der Waals surface area (Å²) in [4.78, 5) is 80.3. The van der Waals surface area contributed by atoms with E-state index in [9.17, 15) is 33.6 Å². The number of nitrogens with zero attached hydrogens (tertiary/aromatic N) is 1. The number of amides is 3. The third kappa shape index (κ3) is 11.7. The highest BCUT2D eigenvalue weighted by molar-refractivity contribution is 6.13. The van der Waals surface area contributed by atoms with Crippen LogP contribution < -0.4 is 5.32 Å². The van der Waals surface area contributed by atoms with Gasteiger partial charge in [0.15, 0.2) is 12.7 Å². The minimum absolute atomic E-state index is 0.00952. The van der Waals surface area contributed by atoms with E-state index < -0.39 is 61.2 Å². The van der Waals surface area contributed by atoms with Crippen molar-refractivity contribution in [3.05, 3.63) is 12.2 Å². The molecule has 34 heavy (non-hydrogen) atoms. The number of carboxylic acids is 1. The van der Waals surface area contributed by atoms with Crippen molar-refractivity contribution in [2.45, 2.75) is 32.3 Å². The molecular weight excluding hydrogens is 460 g/mol. The predicted molar refractivity (Wildman–Crippen MR) is 109 cm³/mol. The van der Waals surface area contributed by atoms with Crippen LogP contribution >= 0.6 is 0 Å². The highest BCUT2D eigenvalue weighted by Crippen LogP contribution is 2.04. The fraction of sp³-hybridized carbons (Fsp3) is 0.550. The summed E-state index contributed by atoms with van der Waals surface area (Å²) in [7, 11) is 0. The smallest absolute Gasteiger partial charge is 0.347 e. The van der Waals surface area contributed by atoms with Gasteiger partial charge in [0.2, 0.25) is 5.91 Å². The first-order chi connectivity index (χ1) is 16.1. The van der Waals surface area contributed by atoms with Crippen molar-refractivity contribution in [2.24, 2.45) is 0 Å². The van der Waals surface area contributed by atoms with Crippen LogP contribution in [0, 0.1) is 0 Å². The molecule has 2 N–H and O–H groups in total. The van der Waals surface area contributed by atoms with E-state index >= 15 is 0 Å². The maximum absolute atomic E-state index is 11.7. The average Bonchev–Trinajstić information content (AvgIpc) is 3.10. The number of aliphatic carboxylic acids is 1. The van der Waals surface area contributed by atoms with E-state index in [0.717, 1.165) is 17.1 Å². The van der Waals surface area contributed by atoms with Crippen LogP contribution in [0.5, 0.6) is 0 Å². The largest absolute Gasteiger partial charge is 0.481 e. The van der Waals surface area contributed by atoms with Crippen molar-refractivity contribution < 1.29 is 57.6 Å². The Morgan fingerprint density at radius 1 is 0.941 bits per heavy atom. The monoisotopic (exact) mass is 486 g/mol. The molecule has 14 nitrogen and oxygen atoms in total. The molecule has 0 aliphatic carbocycles. The third-order valence-electron chi connectivity index (χ3n) is 4.04. The quantitative estimate of drug-likeness (QED) is 0.109. The molecule has 0 fully saturated rings. The van der Waals surface area contributed by atoms with Crippen molar-refractivity contribution in [1.82, 2.24) is 10.2 Å². The molecule has 188 valence electrons. The molecule has 1 heterocycles. The van der Waals surface area contributed by atoms with Gasteiger partial charge in [-0.2, -0.15) is 0 Å². The van der Waals surface area contributed by atoms with E-state index in [4.69, 9.17) is 14.6 Å². The lowest BCUT2D eigenvalue weighted by atomic mass is 10.3. The second kappa shape index (κ2) is 15.1. The number of imide groups is 1. The molecule has 0 aromatic carbocycles. The number of hydrogen-bond acceptors (Lipinski definition) is 11. The van der Waals surface area contributed by atoms with Gasteiger partial charge in [-0.05, 0) is 6.92 Å². The Kier molecular flexibility index (Phi) is 12.5. The minimum Gasteiger partial charge on any atom is -0.481 e. The second-order valence-electron chi connectivity index (χ2n) is 6.73.